The van der Waals surface area contributed by atoms with E-state index < -0.39 is 0 Å². The van der Waals surface area contributed by atoms with E-state index in [2.05, 4.69) is 10.3 Å². The van der Waals surface area contributed by atoms with E-state index in [0.717, 1.165) is 0 Å². The van der Waals surface area contributed by atoms with E-state index in [4.69, 9.17) is 16.3 Å². The highest BCUT2D eigenvalue weighted by Crippen LogP contribution is 2.22. The van der Waals surface area contributed by atoms with E-state index in [9.17, 15) is 4.79 Å². The number of halogens is 1. The molecule has 2 rings (SSSR count). The monoisotopic (exact) mass is 268 g/mol. The Hall–Kier alpha value is -1.59. The van der Waals surface area contributed by atoms with Crippen LogP contribution in [0.1, 0.15) is 9.67 Å². The molecule has 2 aromatic rings. The molecule has 17 heavy (non-hydrogen) atoms. The molecule has 0 aliphatic carbocycles. The maximum Gasteiger partial charge on any atom is 0.267 e. The van der Waals surface area contributed by atoms with Gasteiger partial charge in [-0.2, -0.15) is 0 Å². The van der Waals surface area contributed by atoms with Crippen LogP contribution in [0.4, 0.5) is 5.82 Å². The van der Waals surface area contributed by atoms with Crippen LogP contribution in [-0.2, 0) is 0 Å². The molecule has 1 amide bonds. The second-order valence-electron chi connectivity index (χ2n) is 3.15. The highest BCUT2D eigenvalue weighted by molar-refractivity contribution is 7.12. The Kier molecular flexibility index (Phi) is 3.61. The van der Waals surface area contributed by atoms with Crippen molar-refractivity contribution in [2.75, 3.05) is 12.4 Å². The van der Waals surface area contributed by atoms with E-state index in [1.54, 1.807) is 36.8 Å². The summed E-state index contributed by atoms with van der Waals surface area (Å²) in [4.78, 5) is 16.3. The number of aromatic nitrogens is 1. The van der Waals surface area contributed by atoms with Crippen LogP contribution in [-0.4, -0.2) is 18.0 Å². The maximum absolute atomic E-state index is 11.8. The van der Waals surface area contributed by atoms with Gasteiger partial charge in [0.2, 0.25) is 0 Å². The first-order valence-corrected chi connectivity index (χ1v) is 6.01. The topological polar surface area (TPSA) is 51.2 Å². The molecule has 0 bridgehead atoms. The molecular weight excluding hydrogens is 260 g/mol. The number of hydrogen-bond donors (Lipinski definition) is 1. The number of carbonyl (C=O) groups excluding carboxylic acids is 1. The van der Waals surface area contributed by atoms with Crippen LogP contribution >= 0.6 is 22.9 Å². The van der Waals surface area contributed by atoms with Crippen LogP contribution in [0.25, 0.3) is 0 Å². The summed E-state index contributed by atoms with van der Waals surface area (Å²) in [6.07, 6.45) is 0. The molecule has 0 saturated heterocycles. The molecule has 1 N–H and O–H groups in total. The summed E-state index contributed by atoms with van der Waals surface area (Å²) in [7, 11) is 1.56. The fourth-order valence-electron chi connectivity index (χ4n) is 1.20. The molecule has 2 aromatic heterocycles. The lowest BCUT2D eigenvalue weighted by molar-refractivity contribution is 0.103. The highest BCUT2D eigenvalue weighted by Gasteiger charge is 2.10. The number of anilines is 1. The molecule has 0 fully saturated rings. The molecule has 6 heteroatoms. The zero-order valence-corrected chi connectivity index (χ0v) is 10.5. The molecule has 0 unspecified atom stereocenters. The maximum atomic E-state index is 11.8. The fraction of sp³-hybridized carbons (Fsp3) is 0.0909. The van der Waals surface area contributed by atoms with Gasteiger partial charge in [-0.15, -0.1) is 11.3 Å². The number of hydrogen-bond acceptors (Lipinski definition) is 4. The minimum absolute atomic E-state index is 0.229. The molecule has 4 nitrogen and oxygen atoms in total. The molecule has 0 aliphatic rings. The van der Waals surface area contributed by atoms with E-state index in [-0.39, 0.29) is 5.91 Å². The number of ether oxygens (including phenoxy) is 1. The standard InChI is InChI=1S/C11H9ClN2O2S/c1-16-7-5-8(17-6-7)11(15)14-10-4-2-3-9(12)13-10/h2-6H,1H3,(H,13,14,15). The third kappa shape index (κ3) is 2.95. The molecular formula is C11H9ClN2O2S. The zero-order chi connectivity index (χ0) is 12.3. The Labute approximate surface area is 107 Å². The lowest BCUT2D eigenvalue weighted by Gasteiger charge is -2.02. The van der Waals surface area contributed by atoms with Gasteiger partial charge in [0.05, 0.1) is 12.0 Å². The molecule has 88 valence electrons. The average molecular weight is 269 g/mol. The Balaban J connectivity index is 2.11. The first kappa shape index (κ1) is 11.9. The van der Waals surface area contributed by atoms with Crippen LogP contribution in [0.2, 0.25) is 5.15 Å². The van der Waals surface area contributed by atoms with Crippen molar-refractivity contribution in [3.63, 3.8) is 0 Å². The molecule has 0 aromatic carbocycles. The van der Waals surface area contributed by atoms with Gasteiger partial charge in [0.25, 0.3) is 5.91 Å². The molecule has 0 radical (unpaired) electrons. The number of nitrogens with zero attached hydrogens (tertiary/aromatic N) is 1. The minimum Gasteiger partial charge on any atom is -0.496 e. The van der Waals surface area contributed by atoms with Crippen LogP contribution < -0.4 is 10.1 Å². The number of rotatable bonds is 3. The third-order valence-electron chi connectivity index (χ3n) is 1.99. The number of nitrogens with one attached hydrogen (secondary N) is 1. The van der Waals surface area contributed by atoms with Crippen molar-refractivity contribution in [1.82, 2.24) is 4.98 Å². The van der Waals surface area contributed by atoms with E-state index in [1.165, 1.54) is 11.3 Å². The molecule has 0 atom stereocenters. The normalized spacial score (nSPS) is 10.0. The van der Waals surface area contributed by atoms with E-state index in [1.807, 2.05) is 0 Å². The summed E-state index contributed by atoms with van der Waals surface area (Å²) in [5.41, 5.74) is 0. The SMILES string of the molecule is COc1csc(C(=O)Nc2cccc(Cl)n2)c1. The molecule has 0 aliphatic heterocycles. The largest absolute Gasteiger partial charge is 0.496 e. The number of methoxy groups -OCH3 is 1. The summed E-state index contributed by atoms with van der Waals surface area (Å²) in [5, 5.41) is 4.76. The second-order valence-corrected chi connectivity index (χ2v) is 4.45. The lowest BCUT2D eigenvalue weighted by atomic mass is 10.4. The number of pyridine rings is 1. The van der Waals surface area contributed by atoms with Crippen molar-refractivity contribution in [2.45, 2.75) is 0 Å². The summed E-state index contributed by atoms with van der Waals surface area (Å²) in [6.45, 7) is 0. The van der Waals surface area contributed by atoms with Crippen molar-refractivity contribution in [3.05, 3.63) is 39.7 Å². The predicted octanol–water partition coefficient (Wildman–Crippen LogP) is 3.06. The number of amides is 1. The van der Waals surface area contributed by atoms with Crippen LogP contribution in [0.5, 0.6) is 5.75 Å². The number of thiophene rings is 1. The van der Waals surface area contributed by atoms with Crippen molar-refractivity contribution in [2.24, 2.45) is 0 Å². The predicted molar refractivity (Wildman–Crippen MR) is 68.1 cm³/mol. The van der Waals surface area contributed by atoms with Crippen molar-refractivity contribution < 1.29 is 9.53 Å². The summed E-state index contributed by atoms with van der Waals surface area (Å²) in [6, 6.07) is 6.71. The van der Waals surface area contributed by atoms with Gasteiger partial charge in [0.15, 0.2) is 0 Å². The quantitative estimate of drug-likeness (QED) is 0.871. The van der Waals surface area contributed by atoms with Crippen molar-refractivity contribution in [1.29, 1.82) is 0 Å². The van der Waals surface area contributed by atoms with Gasteiger partial charge in [-0.3, -0.25) is 4.79 Å². The second kappa shape index (κ2) is 5.16. The van der Waals surface area contributed by atoms with Gasteiger partial charge in [0, 0.05) is 11.4 Å². The van der Waals surface area contributed by atoms with E-state index >= 15 is 0 Å². The van der Waals surface area contributed by atoms with Gasteiger partial charge < -0.3 is 10.1 Å². The Morgan fingerprint density at radius 2 is 2.35 bits per heavy atom. The number of carbonyl (C=O) groups is 1. The third-order valence-corrected chi connectivity index (χ3v) is 3.11. The van der Waals surface area contributed by atoms with Crippen LogP contribution in [0.3, 0.4) is 0 Å². The first-order chi connectivity index (χ1) is 8.19. The smallest absolute Gasteiger partial charge is 0.267 e. The van der Waals surface area contributed by atoms with Gasteiger partial charge in [-0.25, -0.2) is 4.98 Å². The van der Waals surface area contributed by atoms with Gasteiger partial charge >= 0.3 is 0 Å². The lowest BCUT2D eigenvalue weighted by Crippen LogP contribution is -2.11. The van der Waals surface area contributed by atoms with Crippen molar-refractivity contribution >= 4 is 34.7 Å². The zero-order valence-electron chi connectivity index (χ0n) is 8.94. The van der Waals surface area contributed by atoms with Crippen molar-refractivity contribution in [3.8, 4) is 5.75 Å². The van der Waals surface area contributed by atoms with Gasteiger partial charge in [-0.05, 0) is 12.1 Å². The summed E-state index contributed by atoms with van der Waals surface area (Å²) in [5.74, 6) is 0.863. The Morgan fingerprint density at radius 3 is 3.00 bits per heavy atom. The van der Waals surface area contributed by atoms with Gasteiger partial charge in [0.1, 0.15) is 16.7 Å². The first-order valence-electron chi connectivity index (χ1n) is 4.75. The molecule has 2 heterocycles. The van der Waals surface area contributed by atoms with Gasteiger partial charge in [-0.1, -0.05) is 17.7 Å². The van der Waals surface area contributed by atoms with Crippen LogP contribution in [0.15, 0.2) is 29.6 Å². The van der Waals surface area contributed by atoms with E-state index in [0.29, 0.717) is 21.6 Å². The minimum atomic E-state index is -0.229. The van der Waals surface area contributed by atoms with Crippen LogP contribution in [0, 0.1) is 0 Å². The Morgan fingerprint density at radius 1 is 1.53 bits per heavy atom. The molecule has 0 saturated carbocycles. The summed E-state index contributed by atoms with van der Waals surface area (Å²) >= 11 is 7.03. The average Bonchev–Trinajstić information content (AvgIpc) is 2.77. The highest BCUT2D eigenvalue weighted by atomic mass is 35.5. The molecule has 0 spiro atoms. The summed E-state index contributed by atoms with van der Waals surface area (Å²) < 4.78 is 5.01. The Bertz CT molecular complexity index is 542. The fourth-order valence-corrected chi connectivity index (χ4v) is 2.11.